The van der Waals surface area contributed by atoms with Crippen LogP contribution in [-0.2, 0) is 6.54 Å². The summed E-state index contributed by atoms with van der Waals surface area (Å²) in [5.74, 6) is 1.00. The van der Waals surface area contributed by atoms with Gasteiger partial charge >= 0.3 is 0 Å². The van der Waals surface area contributed by atoms with Crippen LogP contribution in [0.2, 0.25) is 0 Å². The Morgan fingerprint density at radius 3 is 2.86 bits per heavy atom. The molecule has 0 atom stereocenters. The van der Waals surface area contributed by atoms with Crippen molar-refractivity contribution >= 4 is 5.91 Å². The summed E-state index contributed by atoms with van der Waals surface area (Å²) in [7, 11) is 0. The number of hydrogen-bond acceptors (Lipinski definition) is 3. The Morgan fingerprint density at radius 2 is 2.05 bits per heavy atom. The Morgan fingerprint density at radius 1 is 1.24 bits per heavy atom. The van der Waals surface area contributed by atoms with Crippen LogP contribution in [0.4, 0.5) is 0 Å². The summed E-state index contributed by atoms with van der Waals surface area (Å²) < 4.78 is 5.67. The second-order valence-corrected chi connectivity index (χ2v) is 5.18. The summed E-state index contributed by atoms with van der Waals surface area (Å²) in [4.78, 5) is 14.4. The second kappa shape index (κ2) is 5.48. The van der Waals surface area contributed by atoms with Gasteiger partial charge in [-0.2, -0.15) is 0 Å². The van der Waals surface area contributed by atoms with Crippen LogP contribution < -0.4 is 4.74 Å². The molecule has 0 radical (unpaired) electrons. The van der Waals surface area contributed by atoms with Gasteiger partial charge in [0.25, 0.3) is 5.91 Å². The van der Waals surface area contributed by atoms with Crippen molar-refractivity contribution in [2.75, 3.05) is 13.2 Å². The third-order valence-corrected chi connectivity index (χ3v) is 3.68. The van der Waals surface area contributed by atoms with Gasteiger partial charge in [0, 0.05) is 17.7 Å². The first-order valence-corrected chi connectivity index (χ1v) is 6.95. The van der Waals surface area contributed by atoms with Gasteiger partial charge in [0.1, 0.15) is 18.1 Å². The molecule has 0 saturated carbocycles. The molecule has 0 fully saturated rings. The van der Waals surface area contributed by atoms with E-state index in [0.717, 1.165) is 11.3 Å². The first-order valence-electron chi connectivity index (χ1n) is 6.95. The van der Waals surface area contributed by atoms with Crippen LogP contribution in [0.3, 0.4) is 0 Å². The minimum absolute atomic E-state index is 0.0431. The molecule has 0 bridgehead atoms. The third-order valence-electron chi connectivity index (χ3n) is 3.68. The van der Waals surface area contributed by atoms with Gasteiger partial charge in [0.05, 0.1) is 6.54 Å². The minimum Gasteiger partial charge on any atom is -0.508 e. The molecule has 0 saturated heterocycles. The van der Waals surface area contributed by atoms with Crippen molar-refractivity contribution in [1.82, 2.24) is 4.90 Å². The SMILES string of the molecule is Cc1cc(C(=O)N2CCOc3ccccc3C2)ccc1O. The van der Waals surface area contributed by atoms with E-state index in [-0.39, 0.29) is 11.7 Å². The van der Waals surface area contributed by atoms with E-state index >= 15 is 0 Å². The number of fused-ring (bicyclic) bond motifs is 1. The Labute approximate surface area is 123 Å². The largest absolute Gasteiger partial charge is 0.508 e. The van der Waals surface area contributed by atoms with E-state index in [2.05, 4.69) is 0 Å². The van der Waals surface area contributed by atoms with Crippen LogP contribution in [0.25, 0.3) is 0 Å². The van der Waals surface area contributed by atoms with Crippen molar-refractivity contribution in [2.45, 2.75) is 13.5 Å². The number of ether oxygens (including phenoxy) is 1. The molecule has 4 nitrogen and oxygen atoms in total. The summed E-state index contributed by atoms with van der Waals surface area (Å²) in [6, 6.07) is 12.7. The van der Waals surface area contributed by atoms with E-state index in [1.807, 2.05) is 24.3 Å². The number of rotatable bonds is 1. The molecule has 1 amide bonds. The number of hydrogen-bond donors (Lipinski definition) is 1. The van der Waals surface area contributed by atoms with Gasteiger partial charge in [-0.05, 0) is 36.8 Å². The van der Waals surface area contributed by atoms with Crippen molar-refractivity contribution in [3.8, 4) is 11.5 Å². The van der Waals surface area contributed by atoms with Crippen LogP contribution in [0.15, 0.2) is 42.5 Å². The van der Waals surface area contributed by atoms with Crippen molar-refractivity contribution in [3.05, 3.63) is 59.2 Å². The monoisotopic (exact) mass is 283 g/mol. The molecular formula is C17H17NO3. The quantitative estimate of drug-likeness (QED) is 0.875. The summed E-state index contributed by atoms with van der Waals surface area (Å²) in [6.45, 7) is 3.36. The predicted molar refractivity (Wildman–Crippen MR) is 79.5 cm³/mol. The number of aryl methyl sites for hydroxylation is 1. The Hall–Kier alpha value is -2.49. The molecule has 2 aromatic carbocycles. The zero-order chi connectivity index (χ0) is 14.8. The lowest BCUT2D eigenvalue weighted by atomic mass is 10.1. The Kier molecular flexibility index (Phi) is 3.52. The molecule has 0 aliphatic carbocycles. The van der Waals surface area contributed by atoms with Gasteiger partial charge in [-0.15, -0.1) is 0 Å². The summed E-state index contributed by atoms with van der Waals surface area (Å²) in [6.07, 6.45) is 0. The van der Waals surface area contributed by atoms with Crippen LogP contribution in [0.1, 0.15) is 21.5 Å². The molecule has 21 heavy (non-hydrogen) atoms. The van der Waals surface area contributed by atoms with E-state index in [1.54, 1.807) is 30.0 Å². The fourth-order valence-corrected chi connectivity index (χ4v) is 2.47. The van der Waals surface area contributed by atoms with Crippen LogP contribution in [-0.4, -0.2) is 29.1 Å². The molecular weight excluding hydrogens is 266 g/mol. The number of benzene rings is 2. The second-order valence-electron chi connectivity index (χ2n) is 5.18. The molecule has 0 unspecified atom stereocenters. The number of phenolic OH excluding ortho intramolecular Hbond substituents is 1. The number of phenols is 1. The zero-order valence-corrected chi connectivity index (χ0v) is 11.9. The van der Waals surface area contributed by atoms with Gasteiger partial charge in [-0.3, -0.25) is 4.79 Å². The lowest BCUT2D eigenvalue weighted by Gasteiger charge is -2.20. The number of nitrogens with zero attached hydrogens (tertiary/aromatic N) is 1. The average molecular weight is 283 g/mol. The minimum atomic E-state index is -0.0431. The number of carbonyl (C=O) groups excluding carboxylic acids is 1. The Bertz CT molecular complexity index is 681. The van der Waals surface area contributed by atoms with E-state index in [4.69, 9.17) is 4.74 Å². The molecule has 3 rings (SSSR count). The zero-order valence-electron chi connectivity index (χ0n) is 11.9. The van der Waals surface area contributed by atoms with E-state index in [0.29, 0.717) is 30.8 Å². The predicted octanol–water partition coefficient (Wildman–Crippen LogP) is 2.74. The summed E-state index contributed by atoms with van der Waals surface area (Å²) in [5.41, 5.74) is 2.30. The first-order chi connectivity index (χ1) is 10.1. The summed E-state index contributed by atoms with van der Waals surface area (Å²) >= 11 is 0. The fraction of sp³-hybridized carbons (Fsp3) is 0.235. The van der Waals surface area contributed by atoms with Gasteiger partial charge in [-0.1, -0.05) is 18.2 Å². The lowest BCUT2D eigenvalue weighted by molar-refractivity contribution is 0.0733. The number of aromatic hydroxyl groups is 1. The van der Waals surface area contributed by atoms with Crippen LogP contribution >= 0.6 is 0 Å². The van der Waals surface area contributed by atoms with Crippen molar-refractivity contribution in [2.24, 2.45) is 0 Å². The van der Waals surface area contributed by atoms with Gasteiger partial charge in [-0.25, -0.2) is 0 Å². The molecule has 1 aliphatic rings. The molecule has 4 heteroatoms. The Balaban J connectivity index is 1.86. The van der Waals surface area contributed by atoms with E-state index in [9.17, 15) is 9.90 Å². The molecule has 1 N–H and O–H groups in total. The highest BCUT2D eigenvalue weighted by molar-refractivity contribution is 5.94. The maximum atomic E-state index is 12.6. The third kappa shape index (κ3) is 2.70. The van der Waals surface area contributed by atoms with Gasteiger partial charge in [0.2, 0.25) is 0 Å². The van der Waals surface area contributed by atoms with Crippen molar-refractivity contribution < 1.29 is 14.6 Å². The number of amides is 1. The molecule has 1 aliphatic heterocycles. The lowest BCUT2D eigenvalue weighted by Crippen LogP contribution is -2.32. The fourth-order valence-electron chi connectivity index (χ4n) is 2.47. The highest BCUT2D eigenvalue weighted by Crippen LogP contribution is 2.24. The topological polar surface area (TPSA) is 49.8 Å². The average Bonchev–Trinajstić information content (AvgIpc) is 2.71. The van der Waals surface area contributed by atoms with E-state index < -0.39 is 0 Å². The highest BCUT2D eigenvalue weighted by Gasteiger charge is 2.21. The van der Waals surface area contributed by atoms with Gasteiger partial charge < -0.3 is 14.7 Å². The van der Waals surface area contributed by atoms with Gasteiger partial charge in [0.15, 0.2) is 0 Å². The van der Waals surface area contributed by atoms with E-state index in [1.165, 1.54) is 0 Å². The molecule has 1 heterocycles. The van der Waals surface area contributed by atoms with Crippen LogP contribution in [0.5, 0.6) is 11.5 Å². The first kappa shape index (κ1) is 13.5. The maximum absolute atomic E-state index is 12.6. The van der Waals surface area contributed by atoms with Crippen molar-refractivity contribution in [1.29, 1.82) is 0 Å². The van der Waals surface area contributed by atoms with Crippen LogP contribution in [0, 0.1) is 6.92 Å². The normalized spacial score (nSPS) is 14.0. The van der Waals surface area contributed by atoms with Crippen molar-refractivity contribution in [3.63, 3.8) is 0 Å². The molecule has 0 aromatic heterocycles. The summed E-state index contributed by atoms with van der Waals surface area (Å²) in [5, 5.41) is 9.57. The standard InChI is InChI=1S/C17H17NO3/c1-12-10-13(6-7-15(12)19)17(20)18-8-9-21-16-5-3-2-4-14(16)11-18/h2-7,10,19H,8-9,11H2,1H3. The number of carbonyl (C=O) groups is 1. The maximum Gasteiger partial charge on any atom is 0.254 e. The smallest absolute Gasteiger partial charge is 0.254 e. The number of para-hydroxylation sites is 1. The molecule has 0 spiro atoms. The molecule has 108 valence electrons. The highest BCUT2D eigenvalue weighted by atomic mass is 16.5. The molecule has 2 aromatic rings.